The second-order valence-corrected chi connectivity index (χ2v) is 7.69. The molecule has 0 heterocycles. The molecule has 0 aliphatic heterocycles. The van der Waals surface area contributed by atoms with Crippen LogP contribution in [0.5, 0.6) is 0 Å². The van der Waals surface area contributed by atoms with Crippen molar-refractivity contribution >= 4 is 5.97 Å². The molecule has 3 nitrogen and oxygen atoms in total. The Morgan fingerprint density at radius 1 is 0.704 bits per heavy atom. The van der Waals surface area contributed by atoms with Crippen LogP contribution in [-0.2, 0) is 9.53 Å². The van der Waals surface area contributed by atoms with E-state index in [1.165, 1.54) is 96.3 Å². The average Bonchev–Trinajstić information content (AvgIpc) is 2.68. The van der Waals surface area contributed by atoms with E-state index in [4.69, 9.17) is 9.84 Å². The summed E-state index contributed by atoms with van der Waals surface area (Å²) in [5.74, 6) is -0.176. The summed E-state index contributed by atoms with van der Waals surface area (Å²) in [6.07, 6.45) is 27.4. The number of aliphatic hydroxyl groups excluding tert-OH is 1. The molecule has 0 spiro atoms. The van der Waals surface area contributed by atoms with Crippen molar-refractivity contribution in [2.24, 2.45) is 0 Å². The third-order valence-corrected chi connectivity index (χ3v) is 5.00. The zero-order valence-electron chi connectivity index (χ0n) is 18.1. The molecule has 3 heteroatoms. The molecule has 0 atom stereocenters. The number of allylic oxidation sites excluding steroid dienone is 2. The highest BCUT2D eigenvalue weighted by molar-refractivity contribution is 5.69. The van der Waals surface area contributed by atoms with Gasteiger partial charge in [-0.25, -0.2) is 0 Å². The van der Waals surface area contributed by atoms with Gasteiger partial charge in [0.1, 0.15) is 6.61 Å². The summed E-state index contributed by atoms with van der Waals surface area (Å²) in [7, 11) is 0. The molecule has 0 bridgehead atoms. The second-order valence-electron chi connectivity index (χ2n) is 7.69. The molecule has 27 heavy (non-hydrogen) atoms. The van der Waals surface area contributed by atoms with Gasteiger partial charge in [-0.2, -0.15) is 0 Å². The van der Waals surface area contributed by atoms with Crippen LogP contribution in [0.4, 0.5) is 0 Å². The van der Waals surface area contributed by atoms with Crippen molar-refractivity contribution in [3.8, 4) is 0 Å². The Bertz CT molecular complexity index is 326. The van der Waals surface area contributed by atoms with Crippen LogP contribution < -0.4 is 0 Å². The van der Waals surface area contributed by atoms with E-state index in [0.717, 1.165) is 12.8 Å². The Kier molecular flexibility index (Phi) is 22.5. The quantitative estimate of drug-likeness (QED) is 0.131. The first-order valence-electron chi connectivity index (χ1n) is 11.7. The third-order valence-electron chi connectivity index (χ3n) is 5.00. The number of ether oxygens (including phenoxy) is 1. The van der Waals surface area contributed by atoms with Crippen LogP contribution in [0, 0.1) is 0 Å². The summed E-state index contributed by atoms with van der Waals surface area (Å²) < 4.78 is 4.83. The monoisotopic (exact) mass is 382 g/mol. The van der Waals surface area contributed by atoms with E-state index in [1.807, 2.05) is 0 Å². The van der Waals surface area contributed by atoms with Gasteiger partial charge >= 0.3 is 5.97 Å². The second kappa shape index (κ2) is 23.2. The van der Waals surface area contributed by atoms with Crippen LogP contribution in [0.2, 0.25) is 0 Å². The Balaban J connectivity index is 3.12. The molecule has 0 aliphatic carbocycles. The minimum Gasteiger partial charge on any atom is -0.463 e. The zero-order valence-corrected chi connectivity index (χ0v) is 18.1. The maximum Gasteiger partial charge on any atom is 0.305 e. The number of aliphatic hydroxyl groups is 1. The summed E-state index contributed by atoms with van der Waals surface area (Å²) >= 11 is 0. The van der Waals surface area contributed by atoms with Gasteiger partial charge in [0.2, 0.25) is 0 Å². The molecule has 0 aliphatic rings. The minimum atomic E-state index is -0.176. The number of hydrogen-bond donors (Lipinski definition) is 1. The molecule has 1 N–H and O–H groups in total. The van der Waals surface area contributed by atoms with E-state index in [-0.39, 0.29) is 19.2 Å². The first-order valence-corrected chi connectivity index (χ1v) is 11.7. The molecular weight excluding hydrogens is 336 g/mol. The van der Waals surface area contributed by atoms with E-state index < -0.39 is 0 Å². The normalized spacial score (nSPS) is 11.3. The van der Waals surface area contributed by atoms with Crippen molar-refractivity contribution in [1.82, 2.24) is 0 Å². The lowest BCUT2D eigenvalue weighted by Gasteiger charge is -2.03. The molecule has 0 amide bonds. The van der Waals surface area contributed by atoms with Crippen molar-refractivity contribution in [2.75, 3.05) is 13.2 Å². The standard InChI is InChI=1S/C24H46O3/c1-2-3-4-5-6-7-8-9-10-11-12-13-14-15-16-17-18-19-20-21-24(26)27-23-22-25/h9-10,25H,2-8,11-23H2,1H3. The number of carbonyl (C=O) groups is 1. The fourth-order valence-corrected chi connectivity index (χ4v) is 3.28. The number of carbonyl (C=O) groups excluding carboxylic acids is 1. The summed E-state index contributed by atoms with van der Waals surface area (Å²) in [4.78, 5) is 11.2. The van der Waals surface area contributed by atoms with E-state index in [0.29, 0.717) is 6.42 Å². The van der Waals surface area contributed by atoms with Crippen molar-refractivity contribution in [2.45, 2.75) is 122 Å². The highest BCUT2D eigenvalue weighted by Gasteiger charge is 2.01. The van der Waals surface area contributed by atoms with E-state index >= 15 is 0 Å². The van der Waals surface area contributed by atoms with E-state index in [2.05, 4.69) is 19.1 Å². The van der Waals surface area contributed by atoms with E-state index in [1.54, 1.807) is 0 Å². The first kappa shape index (κ1) is 26.2. The Labute approximate surface area is 169 Å². The van der Waals surface area contributed by atoms with Crippen LogP contribution in [0.15, 0.2) is 12.2 Å². The van der Waals surface area contributed by atoms with Crippen LogP contribution in [-0.4, -0.2) is 24.3 Å². The molecule has 0 rings (SSSR count). The molecule has 0 aromatic carbocycles. The Hall–Kier alpha value is -0.830. The molecule has 0 unspecified atom stereocenters. The van der Waals surface area contributed by atoms with Gasteiger partial charge in [0, 0.05) is 6.42 Å². The van der Waals surface area contributed by atoms with Gasteiger partial charge in [-0.3, -0.25) is 4.79 Å². The van der Waals surface area contributed by atoms with Gasteiger partial charge in [-0.05, 0) is 32.1 Å². The Morgan fingerprint density at radius 2 is 1.15 bits per heavy atom. The van der Waals surface area contributed by atoms with Crippen LogP contribution in [0.25, 0.3) is 0 Å². The number of esters is 1. The molecule has 160 valence electrons. The lowest BCUT2D eigenvalue weighted by Crippen LogP contribution is -2.07. The molecular formula is C24H46O3. The van der Waals surface area contributed by atoms with Crippen molar-refractivity contribution in [3.63, 3.8) is 0 Å². The van der Waals surface area contributed by atoms with Gasteiger partial charge in [-0.1, -0.05) is 96.1 Å². The predicted octanol–water partition coefficient (Wildman–Crippen LogP) is 7.12. The van der Waals surface area contributed by atoms with Crippen LogP contribution >= 0.6 is 0 Å². The van der Waals surface area contributed by atoms with Crippen LogP contribution in [0.1, 0.15) is 122 Å². The van der Waals surface area contributed by atoms with Crippen molar-refractivity contribution in [1.29, 1.82) is 0 Å². The number of rotatable bonds is 21. The lowest BCUT2D eigenvalue weighted by atomic mass is 10.1. The predicted molar refractivity (Wildman–Crippen MR) is 116 cm³/mol. The Morgan fingerprint density at radius 3 is 1.63 bits per heavy atom. The highest BCUT2D eigenvalue weighted by atomic mass is 16.5. The minimum absolute atomic E-state index is 0.0821. The van der Waals surface area contributed by atoms with Crippen molar-refractivity contribution < 1.29 is 14.6 Å². The largest absolute Gasteiger partial charge is 0.463 e. The molecule has 0 aromatic heterocycles. The average molecular weight is 383 g/mol. The van der Waals surface area contributed by atoms with E-state index in [9.17, 15) is 4.79 Å². The third kappa shape index (κ3) is 23.1. The molecule has 0 fully saturated rings. The fourth-order valence-electron chi connectivity index (χ4n) is 3.28. The van der Waals surface area contributed by atoms with Gasteiger partial charge in [0.05, 0.1) is 6.61 Å². The SMILES string of the molecule is CCCCCCCCC=CCCCCCCCCCCCC(=O)OCCO. The van der Waals surface area contributed by atoms with Gasteiger partial charge in [-0.15, -0.1) is 0 Å². The zero-order chi connectivity index (χ0) is 19.8. The molecule has 0 saturated carbocycles. The molecule has 0 radical (unpaired) electrons. The summed E-state index contributed by atoms with van der Waals surface area (Å²) in [5.41, 5.74) is 0. The smallest absolute Gasteiger partial charge is 0.305 e. The molecule has 0 saturated heterocycles. The highest BCUT2D eigenvalue weighted by Crippen LogP contribution is 2.12. The number of hydrogen-bond acceptors (Lipinski definition) is 3. The van der Waals surface area contributed by atoms with Gasteiger partial charge in [0.15, 0.2) is 0 Å². The number of unbranched alkanes of at least 4 members (excludes halogenated alkanes) is 15. The maximum atomic E-state index is 11.2. The molecule has 0 aromatic rings. The van der Waals surface area contributed by atoms with Crippen molar-refractivity contribution in [3.05, 3.63) is 12.2 Å². The summed E-state index contributed by atoms with van der Waals surface area (Å²) in [5, 5.41) is 8.57. The van der Waals surface area contributed by atoms with Crippen LogP contribution in [0.3, 0.4) is 0 Å². The van der Waals surface area contributed by atoms with Gasteiger partial charge in [0.25, 0.3) is 0 Å². The van der Waals surface area contributed by atoms with Gasteiger partial charge < -0.3 is 9.84 Å². The maximum absolute atomic E-state index is 11.2. The summed E-state index contributed by atoms with van der Waals surface area (Å²) in [6, 6.07) is 0. The summed E-state index contributed by atoms with van der Waals surface area (Å²) in [6.45, 7) is 2.32. The fraction of sp³-hybridized carbons (Fsp3) is 0.875. The first-order chi connectivity index (χ1) is 13.3. The topological polar surface area (TPSA) is 46.5 Å². The lowest BCUT2D eigenvalue weighted by molar-refractivity contribution is -0.144.